The van der Waals surface area contributed by atoms with Crippen molar-refractivity contribution in [3.8, 4) is 5.75 Å². The minimum atomic E-state index is -1.08. The molecule has 5 heteroatoms. The Balaban J connectivity index is 2.24. The van der Waals surface area contributed by atoms with E-state index in [9.17, 15) is 4.79 Å². The van der Waals surface area contributed by atoms with E-state index in [1.54, 1.807) is 6.07 Å². The van der Waals surface area contributed by atoms with Crippen LogP contribution in [0.1, 0.15) is 0 Å². The maximum Gasteiger partial charge on any atom is 0.324 e. The molecule has 0 spiro atoms. The number of halogens is 1. The summed E-state index contributed by atoms with van der Waals surface area (Å²) >= 11 is 3.46. The average Bonchev–Trinajstić information content (AvgIpc) is 2.38. The van der Waals surface area contributed by atoms with Crippen molar-refractivity contribution in [3.63, 3.8) is 0 Å². The molecule has 0 saturated carbocycles. The van der Waals surface area contributed by atoms with Gasteiger partial charge in [0.1, 0.15) is 18.4 Å². The molecule has 0 amide bonds. The Kier molecular flexibility index (Phi) is 3.84. The van der Waals surface area contributed by atoms with Gasteiger partial charge in [0.25, 0.3) is 0 Å². The van der Waals surface area contributed by atoms with Crippen LogP contribution in [0.5, 0.6) is 5.75 Å². The summed E-state index contributed by atoms with van der Waals surface area (Å²) in [5.41, 5.74) is 5.39. The predicted molar refractivity (Wildman–Crippen MR) is 72.8 cm³/mol. The van der Waals surface area contributed by atoms with Crippen molar-refractivity contribution in [1.29, 1.82) is 0 Å². The van der Waals surface area contributed by atoms with Crippen LogP contribution in [0.15, 0.2) is 40.9 Å². The molecule has 2 aromatic rings. The van der Waals surface area contributed by atoms with Crippen molar-refractivity contribution in [2.45, 2.75) is 6.04 Å². The molecule has 0 radical (unpaired) electrons. The maximum absolute atomic E-state index is 10.6. The van der Waals surface area contributed by atoms with Gasteiger partial charge in [0.2, 0.25) is 0 Å². The SMILES string of the molecule is NC(COc1ccc2ccccc2c1Br)C(=O)O. The Morgan fingerprint density at radius 3 is 2.78 bits per heavy atom. The fourth-order valence-electron chi connectivity index (χ4n) is 1.58. The second-order valence-corrected chi connectivity index (χ2v) is 4.65. The van der Waals surface area contributed by atoms with Crippen LogP contribution < -0.4 is 10.5 Å². The summed E-state index contributed by atoms with van der Waals surface area (Å²) in [6, 6.07) is 10.5. The lowest BCUT2D eigenvalue weighted by atomic mass is 10.1. The number of hydrogen-bond donors (Lipinski definition) is 2. The molecule has 2 rings (SSSR count). The highest BCUT2D eigenvalue weighted by molar-refractivity contribution is 9.10. The Morgan fingerprint density at radius 1 is 1.33 bits per heavy atom. The van der Waals surface area contributed by atoms with Gasteiger partial charge in [-0.15, -0.1) is 0 Å². The van der Waals surface area contributed by atoms with E-state index < -0.39 is 12.0 Å². The fraction of sp³-hybridized carbons (Fsp3) is 0.154. The van der Waals surface area contributed by atoms with Gasteiger partial charge in [-0.25, -0.2) is 0 Å². The zero-order valence-electron chi connectivity index (χ0n) is 9.47. The third-order valence-corrected chi connectivity index (χ3v) is 3.38. The first-order valence-electron chi connectivity index (χ1n) is 5.38. The maximum atomic E-state index is 10.6. The van der Waals surface area contributed by atoms with E-state index in [-0.39, 0.29) is 6.61 Å². The first kappa shape index (κ1) is 12.9. The molecule has 0 aliphatic heterocycles. The van der Waals surface area contributed by atoms with Crippen LogP contribution in [-0.4, -0.2) is 23.7 Å². The summed E-state index contributed by atoms with van der Waals surface area (Å²) < 4.78 is 6.22. The minimum Gasteiger partial charge on any atom is -0.490 e. The zero-order valence-corrected chi connectivity index (χ0v) is 11.1. The Bertz CT molecular complexity index is 585. The summed E-state index contributed by atoms with van der Waals surface area (Å²) in [5.74, 6) is -0.489. The van der Waals surface area contributed by atoms with Gasteiger partial charge in [0.15, 0.2) is 0 Å². The zero-order chi connectivity index (χ0) is 13.1. The molecule has 3 N–H and O–H groups in total. The summed E-state index contributed by atoms with van der Waals surface area (Å²) in [5, 5.41) is 10.8. The Hall–Kier alpha value is -1.59. The monoisotopic (exact) mass is 309 g/mol. The van der Waals surface area contributed by atoms with Gasteiger partial charge in [-0.1, -0.05) is 30.3 Å². The lowest BCUT2D eigenvalue weighted by Crippen LogP contribution is -2.36. The van der Waals surface area contributed by atoms with E-state index in [1.807, 2.05) is 30.3 Å². The van der Waals surface area contributed by atoms with Gasteiger partial charge in [-0.2, -0.15) is 0 Å². The largest absolute Gasteiger partial charge is 0.490 e. The summed E-state index contributed by atoms with van der Waals surface area (Å²) in [4.78, 5) is 10.6. The predicted octanol–water partition coefficient (Wildman–Crippen LogP) is 2.39. The number of rotatable bonds is 4. The molecule has 0 aliphatic rings. The summed E-state index contributed by atoms with van der Waals surface area (Å²) in [7, 11) is 0. The van der Waals surface area contributed by atoms with Crippen LogP contribution in [0.3, 0.4) is 0 Å². The molecule has 2 aromatic carbocycles. The third kappa shape index (κ3) is 2.63. The molecule has 0 bridgehead atoms. The van der Waals surface area contributed by atoms with Crippen molar-refractivity contribution < 1.29 is 14.6 Å². The highest BCUT2D eigenvalue weighted by atomic mass is 79.9. The van der Waals surface area contributed by atoms with Gasteiger partial charge in [-0.3, -0.25) is 4.79 Å². The van der Waals surface area contributed by atoms with Crippen LogP contribution in [-0.2, 0) is 4.79 Å². The van der Waals surface area contributed by atoms with Gasteiger partial charge in [-0.05, 0) is 32.8 Å². The molecule has 1 unspecified atom stereocenters. The second kappa shape index (κ2) is 5.37. The number of nitrogens with two attached hydrogens (primary N) is 1. The molecule has 0 heterocycles. The number of carboxylic acid groups (broad SMARTS) is 1. The van der Waals surface area contributed by atoms with Crippen LogP contribution in [0.2, 0.25) is 0 Å². The molecule has 0 fully saturated rings. The minimum absolute atomic E-state index is 0.0632. The third-order valence-electron chi connectivity index (χ3n) is 2.56. The van der Waals surface area contributed by atoms with E-state index in [4.69, 9.17) is 15.6 Å². The van der Waals surface area contributed by atoms with Gasteiger partial charge in [0, 0.05) is 0 Å². The number of aliphatic carboxylic acids is 1. The van der Waals surface area contributed by atoms with Gasteiger partial charge in [0.05, 0.1) is 4.47 Å². The smallest absolute Gasteiger partial charge is 0.324 e. The molecule has 18 heavy (non-hydrogen) atoms. The van der Waals surface area contributed by atoms with E-state index in [0.29, 0.717) is 5.75 Å². The van der Waals surface area contributed by atoms with E-state index in [0.717, 1.165) is 15.2 Å². The van der Waals surface area contributed by atoms with Crippen molar-refractivity contribution >= 4 is 32.7 Å². The normalized spacial score (nSPS) is 12.3. The topological polar surface area (TPSA) is 72.5 Å². The number of fused-ring (bicyclic) bond motifs is 1. The van der Waals surface area contributed by atoms with Crippen molar-refractivity contribution in [2.75, 3.05) is 6.61 Å². The second-order valence-electron chi connectivity index (χ2n) is 3.85. The number of carboxylic acids is 1. The number of carbonyl (C=O) groups is 1. The van der Waals surface area contributed by atoms with E-state index in [2.05, 4.69) is 15.9 Å². The van der Waals surface area contributed by atoms with Crippen LogP contribution in [0, 0.1) is 0 Å². The molecule has 0 saturated heterocycles. The molecule has 1 atom stereocenters. The summed E-state index contributed by atoms with van der Waals surface area (Å²) in [6.45, 7) is -0.0632. The first-order chi connectivity index (χ1) is 8.59. The van der Waals surface area contributed by atoms with Crippen molar-refractivity contribution in [3.05, 3.63) is 40.9 Å². The quantitative estimate of drug-likeness (QED) is 0.909. The first-order valence-corrected chi connectivity index (χ1v) is 6.17. The number of benzene rings is 2. The van der Waals surface area contributed by atoms with Crippen LogP contribution in [0.25, 0.3) is 10.8 Å². The molecular formula is C13H12BrNO3. The lowest BCUT2D eigenvalue weighted by Gasteiger charge is -2.12. The van der Waals surface area contributed by atoms with Crippen molar-refractivity contribution in [2.24, 2.45) is 5.73 Å². The van der Waals surface area contributed by atoms with Crippen molar-refractivity contribution in [1.82, 2.24) is 0 Å². The standard InChI is InChI=1S/C13H12BrNO3/c14-12-9-4-2-1-3-8(9)5-6-11(12)18-7-10(15)13(16)17/h1-6,10H,7,15H2,(H,16,17). The Morgan fingerprint density at radius 2 is 2.06 bits per heavy atom. The van der Waals surface area contributed by atoms with Crippen LogP contribution >= 0.6 is 15.9 Å². The highest BCUT2D eigenvalue weighted by Crippen LogP contribution is 2.32. The molecule has 0 aromatic heterocycles. The summed E-state index contributed by atoms with van der Waals surface area (Å²) in [6.07, 6.45) is 0. The fourth-order valence-corrected chi connectivity index (χ4v) is 2.18. The number of ether oxygens (including phenoxy) is 1. The molecule has 4 nitrogen and oxygen atoms in total. The van der Waals surface area contributed by atoms with Gasteiger partial charge >= 0.3 is 5.97 Å². The van der Waals surface area contributed by atoms with E-state index in [1.165, 1.54) is 0 Å². The number of hydrogen-bond acceptors (Lipinski definition) is 3. The highest BCUT2D eigenvalue weighted by Gasteiger charge is 2.13. The van der Waals surface area contributed by atoms with E-state index >= 15 is 0 Å². The molecule has 94 valence electrons. The molecular weight excluding hydrogens is 298 g/mol. The van der Waals surface area contributed by atoms with Gasteiger partial charge < -0.3 is 15.6 Å². The van der Waals surface area contributed by atoms with Crippen LogP contribution in [0.4, 0.5) is 0 Å². The lowest BCUT2D eigenvalue weighted by molar-refractivity contribution is -0.139. The average molecular weight is 310 g/mol. The molecule has 0 aliphatic carbocycles. The Labute approximate surface area is 112 Å².